The zero-order valence-corrected chi connectivity index (χ0v) is 11.5. The first kappa shape index (κ1) is 15.1. The lowest BCUT2D eigenvalue weighted by Gasteiger charge is -2.08. The van der Waals surface area contributed by atoms with Crippen LogP contribution in [0.3, 0.4) is 0 Å². The molecular weight excluding hydrogens is 299 g/mol. The Balaban J connectivity index is 2.22. The first-order valence-corrected chi connectivity index (χ1v) is 7.31. The molecule has 0 saturated heterocycles. The third-order valence-corrected chi connectivity index (χ3v) is 4.07. The Bertz CT molecular complexity index is 763. The minimum Gasteiger partial charge on any atom is -0.478 e. The van der Waals surface area contributed by atoms with Crippen molar-refractivity contribution in [3.8, 4) is 0 Å². The fourth-order valence-electron chi connectivity index (χ4n) is 1.60. The van der Waals surface area contributed by atoms with Crippen molar-refractivity contribution in [1.29, 1.82) is 0 Å². The average molecular weight is 310 g/mol. The van der Waals surface area contributed by atoms with Crippen molar-refractivity contribution < 1.29 is 22.7 Å². The predicted molar refractivity (Wildman–Crippen MR) is 71.6 cm³/mol. The highest BCUT2D eigenvalue weighted by molar-refractivity contribution is 7.89. The molecule has 0 aliphatic rings. The van der Waals surface area contributed by atoms with Crippen LogP contribution in [0.1, 0.15) is 16.1 Å². The zero-order chi connectivity index (χ0) is 15.5. The number of aromatic carboxylic acids is 1. The summed E-state index contributed by atoms with van der Waals surface area (Å²) in [5, 5.41) is 8.71. The molecule has 1 heterocycles. The van der Waals surface area contributed by atoms with Crippen LogP contribution in [0.5, 0.6) is 0 Å². The fourth-order valence-corrected chi connectivity index (χ4v) is 2.66. The van der Waals surface area contributed by atoms with E-state index in [0.717, 1.165) is 12.1 Å². The van der Waals surface area contributed by atoms with E-state index in [-0.39, 0.29) is 12.1 Å². The molecule has 0 atom stereocenters. The summed E-state index contributed by atoms with van der Waals surface area (Å²) in [6.45, 7) is -0.0940. The number of carbonyl (C=O) groups is 1. The molecule has 2 rings (SSSR count). The van der Waals surface area contributed by atoms with E-state index >= 15 is 0 Å². The Labute approximate surface area is 120 Å². The Morgan fingerprint density at radius 2 is 2.05 bits per heavy atom. The van der Waals surface area contributed by atoms with Gasteiger partial charge in [-0.3, -0.25) is 4.98 Å². The molecule has 1 aromatic heterocycles. The zero-order valence-electron chi connectivity index (χ0n) is 10.7. The van der Waals surface area contributed by atoms with Gasteiger partial charge in [0.25, 0.3) is 0 Å². The van der Waals surface area contributed by atoms with Crippen LogP contribution in [0.2, 0.25) is 0 Å². The van der Waals surface area contributed by atoms with Gasteiger partial charge in [-0.15, -0.1) is 0 Å². The highest BCUT2D eigenvalue weighted by Gasteiger charge is 2.20. The first-order valence-electron chi connectivity index (χ1n) is 5.82. The van der Waals surface area contributed by atoms with Crippen LogP contribution in [-0.2, 0) is 16.6 Å². The molecule has 110 valence electrons. The quantitative estimate of drug-likeness (QED) is 0.870. The van der Waals surface area contributed by atoms with Crippen molar-refractivity contribution in [3.63, 3.8) is 0 Å². The van der Waals surface area contributed by atoms with Crippen LogP contribution in [-0.4, -0.2) is 24.5 Å². The van der Waals surface area contributed by atoms with Crippen molar-refractivity contribution in [1.82, 2.24) is 9.71 Å². The van der Waals surface area contributed by atoms with Crippen molar-refractivity contribution in [2.45, 2.75) is 11.4 Å². The van der Waals surface area contributed by atoms with Gasteiger partial charge in [-0.1, -0.05) is 6.07 Å². The lowest BCUT2D eigenvalue weighted by Crippen LogP contribution is -2.24. The van der Waals surface area contributed by atoms with E-state index < -0.39 is 26.7 Å². The highest BCUT2D eigenvalue weighted by Crippen LogP contribution is 2.16. The maximum Gasteiger partial charge on any atom is 0.335 e. The predicted octanol–water partition coefficient (Wildman–Crippen LogP) is 1.40. The SMILES string of the molecule is O=C(O)c1ccc(S(=O)(=O)NCc2ccccn2)c(F)c1. The average Bonchev–Trinajstić information content (AvgIpc) is 2.46. The number of nitrogens with one attached hydrogen (secondary N) is 1. The molecule has 0 amide bonds. The summed E-state index contributed by atoms with van der Waals surface area (Å²) < 4.78 is 39.9. The van der Waals surface area contributed by atoms with Gasteiger partial charge in [0.15, 0.2) is 0 Å². The number of benzene rings is 1. The highest BCUT2D eigenvalue weighted by atomic mass is 32.2. The minimum absolute atomic E-state index is 0.0940. The molecular formula is C13H11FN2O4S. The number of hydrogen-bond donors (Lipinski definition) is 2. The van der Waals surface area contributed by atoms with Crippen molar-refractivity contribution in [2.24, 2.45) is 0 Å². The van der Waals surface area contributed by atoms with Crippen LogP contribution in [0.25, 0.3) is 0 Å². The molecule has 0 radical (unpaired) electrons. The van der Waals surface area contributed by atoms with Gasteiger partial charge in [-0.05, 0) is 30.3 Å². The molecule has 0 aliphatic heterocycles. The van der Waals surface area contributed by atoms with Gasteiger partial charge in [0.1, 0.15) is 10.7 Å². The third kappa shape index (κ3) is 3.61. The Morgan fingerprint density at radius 1 is 1.29 bits per heavy atom. The molecule has 0 bridgehead atoms. The molecule has 0 saturated carbocycles. The number of sulfonamides is 1. The fraction of sp³-hybridized carbons (Fsp3) is 0.0769. The second-order valence-corrected chi connectivity index (χ2v) is 5.83. The number of hydrogen-bond acceptors (Lipinski definition) is 4. The van der Waals surface area contributed by atoms with Gasteiger partial charge in [0.2, 0.25) is 10.0 Å². The number of rotatable bonds is 5. The monoisotopic (exact) mass is 310 g/mol. The van der Waals surface area contributed by atoms with Crippen LogP contribution in [0.15, 0.2) is 47.5 Å². The summed E-state index contributed by atoms with van der Waals surface area (Å²) in [4.78, 5) is 14.0. The summed E-state index contributed by atoms with van der Waals surface area (Å²) in [6, 6.07) is 7.60. The molecule has 1 aromatic carbocycles. The van der Waals surface area contributed by atoms with E-state index in [1.165, 1.54) is 6.20 Å². The van der Waals surface area contributed by atoms with Crippen molar-refractivity contribution in [2.75, 3.05) is 0 Å². The number of aromatic nitrogens is 1. The second-order valence-electron chi connectivity index (χ2n) is 4.10. The summed E-state index contributed by atoms with van der Waals surface area (Å²) in [7, 11) is -4.09. The normalized spacial score (nSPS) is 11.3. The topological polar surface area (TPSA) is 96.4 Å². The van der Waals surface area contributed by atoms with Gasteiger partial charge < -0.3 is 5.11 Å². The van der Waals surface area contributed by atoms with Gasteiger partial charge in [0, 0.05) is 6.20 Å². The Hall–Kier alpha value is -2.32. The largest absolute Gasteiger partial charge is 0.478 e. The maximum absolute atomic E-state index is 13.7. The number of carboxylic acids is 1. The Kier molecular flexibility index (Phi) is 4.29. The molecule has 2 aromatic rings. The molecule has 0 spiro atoms. The Morgan fingerprint density at radius 3 is 2.62 bits per heavy atom. The van der Waals surface area contributed by atoms with E-state index in [1.54, 1.807) is 18.2 Å². The molecule has 0 unspecified atom stereocenters. The lowest BCUT2D eigenvalue weighted by molar-refractivity contribution is 0.0696. The van der Waals surface area contributed by atoms with Gasteiger partial charge in [0.05, 0.1) is 17.8 Å². The van der Waals surface area contributed by atoms with Crippen molar-refractivity contribution in [3.05, 3.63) is 59.7 Å². The molecule has 0 fully saturated rings. The van der Waals surface area contributed by atoms with E-state index in [4.69, 9.17) is 5.11 Å². The standard InChI is InChI=1S/C13H11FN2O4S/c14-11-7-9(13(17)18)4-5-12(11)21(19,20)16-8-10-3-1-2-6-15-10/h1-7,16H,8H2,(H,17,18). The van der Waals surface area contributed by atoms with Gasteiger partial charge >= 0.3 is 5.97 Å². The van der Waals surface area contributed by atoms with Gasteiger partial charge in [-0.25, -0.2) is 22.3 Å². The van der Waals surface area contributed by atoms with Crippen LogP contribution >= 0.6 is 0 Å². The molecule has 2 N–H and O–H groups in total. The van der Waals surface area contributed by atoms with Crippen molar-refractivity contribution >= 4 is 16.0 Å². The number of pyridine rings is 1. The summed E-state index contributed by atoms with van der Waals surface area (Å²) >= 11 is 0. The number of carboxylic acid groups (broad SMARTS) is 1. The summed E-state index contributed by atoms with van der Waals surface area (Å²) in [5.74, 6) is -2.46. The van der Waals surface area contributed by atoms with E-state index in [9.17, 15) is 17.6 Å². The van der Waals surface area contributed by atoms with E-state index in [2.05, 4.69) is 9.71 Å². The number of halogens is 1. The second kappa shape index (κ2) is 5.98. The van der Waals surface area contributed by atoms with Crippen LogP contribution in [0, 0.1) is 5.82 Å². The maximum atomic E-state index is 13.7. The van der Waals surface area contributed by atoms with Crippen LogP contribution < -0.4 is 4.72 Å². The first-order chi connectivity index (χ1) is 9.90. The summed E-state index contributed by atoms with van der Waals surface area (Å²) in [6.07, 6.45) is 1.51. The third-order valence-electron chi connectivity index (χ3n) is 2.64. The molecule has 6 nitrogen and oxygen atoms in total. The van der Waals surface area contributed by atoms with Gasteiger partial charge in [-0.2, -0.15) is 0 Å². The van der Waals surface area contributed by atoms with Crippen LogP contribution in [0.4, 0.5) is 4.39 Å². The minimum atomic E-state index is -4.09. The molecule has 8 heteroatoms. The van der Waals surface area contributed by atoms with E-state index in [0.29, 0.717) is 11.8 Å². The summed E-state index contributed by atoms with van der Waals surface area (Å²) in [5.41, 5.74) is 0.153. The smallest absolute Gasteiger partial charge is 0.335 e. The number of nitrogens with zero attached hydrogens (tertiary/aromatic N) is 1. The molecule has 21 heavy (non-hydrogen) atoms. The van der Waals surface area contributed by atoms with E-state index in [1.807, 2.05) is 0 Å². The molecule has 0 aliphatic carbocycles. The lowest BCUT2D eigenvalue weighted by atomic mass is 10.2.